The number of ketones is 1. The fourth-order valence-electron chi connectivity index (χ4n) is 2.97. The highest BCUT2D eigenvalue weighted by molar-refractivity contribution is 6.01. The van der Waals surface area contributed by atoms with Crippen molar-refractivity contribution in [2.75, 3.05) is 45.9 Å². The molecule has 0 atom stereocenters. The molecule has 0 aromatic heterocycles. The van der Waals surface area contributed by atoms with Gasteiger partial charge in [-0.3, -0.25) is 14.6 Å². The monoisotopic (exact) mass is 370 g/mol. The fourth-order valence-corrected chi connectivity index (χ4v) is 2.97. The number of carbonyl (C=O) groups is 1. The first-order chi connectivity index (χ1) is 10.8. The first-order valence-corrected chi connectivity index (χ1v) is 7.84. The van der Waals surface area contributed by atoms with Crippen molar-refractivity contribution in [1.82, 2.24) is 9.80 Å². The Morgan fingerprint density at radius 3 is 2.21 bits per heavy atom. The Morgan fingerprint density at radius 1 is 0.917 bits per heavy atom. The van der Waals surface area contributed by atoms with Gasteiger partial charge < -0.3 is 5.11 Å². The average molecular weight is 371 g/mol. The second kappa shape index (κ2) is 9.97. The average Bonchev–Trinajstić information content (AvgIpc) is 2.56. The lowest BCUT2D eigenvalue weighted by Crippen LogP contribution is -2.48. The number of piperazine rings is 1. The van der Waals surface area contributed by atoms with E-state index in [1.54, 1.807) is 0 Å². The van der Waals surface area contributed by atoms with Crippen molar-refractivity contribution in [2.24, 2.45) is 0 Å². The summed E-state index contributed by atoms with van der Waals surface area (Å²) < 4.78 is 0. The van der Waals surface area contributed by atoms with E-state index < -0.39 is 0 Å². The van der Waals surface area contributed by atoms with Crippen LogP contribution in [0.4, 0.5) is 0 Å². The Balaban J connectivity index is 0.00000144. The summed E-state index contributed by atoms with van der Waals surface area (Å²) in [5.41, 5.74) is 0.788. The molecule has 132 valence electrons. The molecule has 1 fully saturated rings. The molecule has 0 unspecified atom stereocenters. The van der Waals surface area contributed by atoms with E-state index in [1.165, 1.54) is 0 Å². The molecule has 4 nitrogen and oxygen atoms in total. The summed E-state index contributed by atoms with van der Waals surface area (Å²) in [6.07, 6.45) is 0. The number of aliphatic hydroxyl groups is 1. The second-order valence-electron chi connectivity index (χ2n) is 5.83. The van der Waals surface area contributed by atoms with Gasteiger partial charge in [0, 0.05) is 38.3 Å². The smallest absolute Gasteiger partial charge is 0.176 e. The maximum atomic E-state index is 12.5. The van der Waals surface area contributed by atoms with Crippen LogP contribution in [0.1, 0.15) is 10.4 Å². The molecule has 0 aliphatic carbocycles. The summed E-state index contributed by atoms with van der Waals surface area (Å²) in [7, 11) is 0. The Morgan fingerprint density at radius 2 is 1.54 bits per heavy atom. The molecule has 3 rings (SSSR count). The minimum absolute atomic E-state index is 0. The normalized spacial score (nSPS) is 15.5. The zero-order chi connectivity index (χ0) is 15.4. The topological polar surface area (TPSA) is 43.8 Å². The van der Waals surface area contributed by atoms with Crippen LogP contribution in [0.15, 0.2) is 42.5 Å². The number of aliphatic hydroxyl groups excluding tert-OH is 1. The van der Waals surface area contributed by atoms with E-state index in [0.29, 0.717) is 6.54 Å². The van der Waals surface area contributed by atoms with Gasteiger partial charge in [-0.25, -0.2) is 0 Å². The molecule has 1 aliphatic heterocycles. The lowest BCUT2D eigenvalue weighted by molar-refractivity contribution is 0.0823. The minimum Gasteiger partial charge on any atom is -0.395 e. The minimum atomic E-state index is 0. The molecule has 0 spiro atoms. The van der Waals surface area contributed by atoms with E-state index in [0.717, 1.165) is 49.1 Å². The molecular weight excluding hydrogens is 347 g/mol. The third kappa shape index (κ3) is 5.16. The summed E-state index contributed by atoms with van der Waals surface area (Å²) in [6, 6.07) is 14.0. The van der Waals surface area contributed by atoms with Crippen LogP contribution >= 0.6 is 24.8 Å². The summed E-state index contributed by atoms with van der Waals surface area (Å²) >= 11 is 0. The number of carbonyl (C=O) groups excluding carboxylic acids is 1. The Bertz CT molecular complexity index is 658. The Labute approximate surface area is 155 Å². The summed E-state index contributed by atoms with van der Waals surface area (Å²) in [4.78, 5) is 16.9. The van der Waals surface area contributed by atoms with Gasteiger partial charge in [-0.05, 0) is 16.8 Å². The first-order valence-electron chi connectivity index (χ1n) is 7.84. The van der Waals surface area contributed by atoms with E-state index in [-0.39, 0.29) is 37.2 Å². The predicted molar refractivity (Wildman–Crippen MR) is 103 cm³/mol. The first kappa shape index (κ1) is 20.9. The van der Waals surface area contributed by atoms with E-state index in [2.05, 4.69) is 15.9 Å². The quantitative estimate of drug-likeness (QED) is 0.821. The SMILES string of the molecule is Cl.Cl.O=C(CN1CCN(CCO)CC1)c1ccc2ccccc2c1. The molecule has 0 radical (unpaired) electrons. The van der Waals surface area contributed by atoms with Crippen molar-refractivity contribution < 1.29 is 9.90 Å². The highest BCUT2D eigenvalue weighted by Crippen LogP contribution is 2.16. The largest absolute Gasteiger partial charge is 0.395 e. The number of β-amino-alcohol motifs (C(OH)–C–C–N with tert-alkyl or cyclic N) is 1. The van der Waals surface area contributed by atoms with Crippen molar-refractivity contribution in [2.45, 2.75) is 0 Å². The lowest BCUT2D eigenvalue weighted by Gasteiger charge is -2.33. The molecule has 2 aromatic rings. The van der Waals surface area contributed by atoms with Gasteiger partial charge in [0.15, 0.2) is 5.78 Å². The van der Waals surface area contributed by atoms with Crippen molar-refractivity contribution in [3.8, 4) is 0 Å². The van der Waals surface area contributed by atoms with Crippen molar-refractivity contribution >= 4 is 41.4 Å². The number of nitrogens with zero attached hydrogens (tertiary/aromatic N) is 2. The van der Waals surface area contributed by atoms with Crippen molar-refractivity contribution in [3.63, 3.8) is 0 Å². The molecule has 0 amide bonds. The summed E-state index contributed by atoms with van der Waals surface area (Å²) in [6.45, 7) is 5.03. The third-order valence-electron chi connectivity index (χ3n) is 4.32. The highest BCUT2D eigenvalue weighted by atomic mass is 35.5. The van der Waals surface area contributed by atoms with Gasteiger partial charge in [0.25, 0.3) is 0 Å². The van der Waals surface area contributed by atoms with Gasteiger partial charge in [0.05, 0.1) is 13.2 Å². The van der Waals surface area contributed by atoms with E-state index in [4.69, 9.17) is 5.11 Å². The van der Waals surface area contributed by atoms with Crippen LogP contribution in [0, 0.1) is 0 Å². The van der Waals surface area contributed by atoms with E-state index in [9.17, 15) is 4.79 Å². The molecule has 1 aliphatic rings. The molecule has 2 aromatic carbocycles. The molecule has 1 N–H and O–H groups in total. The number of hydrogen-bond donors (Lipinski definition) is 1. The number of halogens is 2. The van der Waals surface area contributed by atoms with Gasteiger partial charge in [0.2, 0.25) is 0 Å². The zero-order valence-electron chi connectivity index (χ0n) is 13.6. The Hall–Kier alpha value is -1.17. The second-order valence-corrected chi connectivity index (χ2v) is 5.83. The zero-order valence-corrected chi connectivity index (χ0v) is 15.2. The fraction of sp³-hybridized carbons (Fsp3) is 0.389. The lowest BCUT2D eigenvalue weighted by atomic mass is 10.0. The van der Waals surface area contributed by atoms with Crippen molar-refractivity contribution in [3.05, 3.63) is 48.0 Å². The van der Waals surface area contributed by atoms with Crippen LogP contribution in [-0.4, -0.2) is 66.6 Å². The maximum absolute atomic E-state index is 12.5. The molecule has 1 heterocycles. The Kier molecular flexibility index (Phi) is 8.67. The number of Topliss-reactive ketones (excluding diaryl/α,β-unsaturated/α-hetero) is 1. The van der Waals surface area contributed by atoms with Gasteiger partial charge in [-0.15, -0.1) is 24.8 Å². The van der Waals surface area contributed by atoms with Gasteiger partial charge in [-0.1, -0.05) is 36.4 Å². The van der Waals surface area contributed by atoms with Gasteiger partial charge >= 0.3 is 0 Å². The predicted octanol–water partition coefficient (Wildman–Crippen LogP) is 2.48. The molecule has 24 heavy (non-hydrogen) atoms. The van der Waals surface area contributed by atoms with Crippen LogP contribution in [0.25, 0.3) is 10.8 Å². The molecule has 6 heteroatoms. The number of fused-ring (bicyclic) bond motifs is 1. The standard InChI is InChI=1S/C18H22N2O2.2ClH/c21-12-11-19-7-9-20(10-8-19)14-18(22)17-6-5-15-3-1-2-4-16(15)13-17;;/h1-6,13,21H,7-12,14H2;2*1H. The van der Waals surface area contributed by atoms with Gasteiger partial charge in [0.1, 0.15) is 0 Å². The molecule has 1 saturated heterocycles. The summed E-state index contributed by atoms with van der Waals surface area (Å²) in [5.74, 6) is 0.182. The molecule has 0 bridgehead atoms. The number of hydrogen-bond acceptors (Lipinski definition) is 4. The van der Waals surface area contributed by atoms with Crippen LogP contribution in [0.5, 0.6) is 0 Å². The van der Waals surface area contributed by atoms with Crippen molar-refractivity contribution in [1.29, 1.82) is 0 Å². The van der Waals surface area contributed by atoms with Crippen LogP contribution in [0.2, 0.25) is 0 Å². The van der Waals surface area contributed by atoms with Crippen LogP contribution in [-0.2, 0) is 0 Å². The van der Waals surface area contributed by atoms with Crippen LogP contribution < -0.4 is 0 Å². The van der Waals surface area contributed by atoms with Gasteiger partial charge in [-0.2, -0.15) is 0 Å². The number of rotatable bonds is 5. The maximum Gasteiger partial charge on any atom is 0.176 e. The van der Waals surface area contributed by atoms with Crippen LogP contribution in [0.3, 0.4) is 0 Å². The van der Waals surface area contributed by atoms with E-state index in [1.807, 2.05) is 36.4 Å². The molecule has 0 saturated carbocycles. The number of benzene rings is 2. The third-order valence-corrected chi connectivity index (χ3v) is 4.32. The molecular formula is C18H24Cl2N2O2. The highest BCUT2D eigenvalue weighted by Gasteiger charge is 2.19. The summed E-state index contributed by atoms with van der Waals surface area (Å²) in [5, 5.41) is 11.2. The van der Waals surface area contributed by atoms with E-state index >= 15 is 0 Å².